The normalized spacial score (nSPS) is 18.3. The SMILES string of the molecule is CN(CC(=O)NCC1CCCNC1)S(=O)(=O)c1ccccc1.Cl. The average Bonchev–Trinajstić information content (AvgIpc) is 2.54. The molecule has 1 amide bonds. The van der Waals surface area contributed by atoms with E-state index in [1.54, 1.807) is 18.2 Å². The summed E-state index contributed by atoms with van der Waals surface area (Å²) in [6.07, 6.45) is 2.20. The Morgan fingerprint density at radius 3 is 2.65 bits per heavy atom. The fourth-order valence-corrected chi connectivity index (χ4v) is 3.62. The highest BCUT2D eigenvalue weighted by atomic mass is 35.5. The number of hydrogen-bond acceptors (Lipinski definition) is 4. The topological polar surface area (TPSA) is 78.5 Å². The van der Waals surface area contributed by atoms with Gasteiger partial charge in [0, 0.05) is 13.6 Å². The summed E-state index contributed by atoms with van der Waals surface area (Å²) in [7, 11) is -2.20. The summed E-state index contributed by atoms with van der Waals surface area (Å²) in [6, 6.07) is 8.13. The van der Waals surface area contributed by atoms with Gasteiger partial charge in [0.2, 0.25) is 15.9 Å². The van der Waals surface area contributed by atoms with Crippen molar-refractivity contribution >= 4 is 28.3 Å². The van der Waals surface area contributed by atoms with E-state index in [0.717, 1.165) is 30.2 Å². The number of nitrogens with one attached hydrogen (secondary N) is 2. The maximum absolute atomic E-state index is 12.3. The lowest BCUT2D eigenvalue weighted by Gasteiger charge is -2.23. The molecule has 2 rings (SSSR count). The first-order valence-corrected chi connectivity index (χ1v) is 8.93. The van der Waals surface area contributed by atoms with Crippen LogP contribution in [0.1, 0.15) is 12.8 Å². The first-order chi connectivity index (χ1) is 10.5. The minimum atomic E-state index is -3.62. The number of rotatable bonds is 6. The summed E-state index contributed by atoms with van der Waals surface area (Å²) >= 11 is 0. The van der Waals surface area contributed by atoms with Crippen LogP contribution in [0.3, 0.4) is 0 Å². The second-order valence-corrected chi connectivity index (χ2v) is 7.64. The standard InChI is InChI=1S/C15H23N3O3S.ClH/c1-18(22(20,21)14-7-3-2-4-8-14)12-15(19)17-11-13-6-5-9-16-10-13;/h2-4,7-8,13,16H,5-6,9-12H2,1H3,(H,17,19);1H. The van der Waals surface area contributed by atoms with Crippen LogP contribution in [0.2, 0.25) is 0 Å². The predicted octanol–water partition coefficient (Wildman–Crippen LogP) is 0.845. The van der Waals surface area contributed by atoms with Crippen molar-refractivity contribution in [3.8, 4) is 0 Å². The molecular weight excluding hydrogens is 338 g/mol. The molecule has 0 spiro atoms. The Balaban J connectivity index is 0.00000264. The molecule has 1 saturated heterocycles. The largest absolute Gasteiger partial charge is 0.355 e. The van der Waals surface area contributed by atoms with E-state index in [4.69, 9.17) is 0 Å². The zero-order valence-corrected chi connectivity index (χ0v) is 14.8. The van der Waals surface area contributed by atoms with E-state index in [2.05, 4.69) is 10.6 Å². The number of nitrogens with zero attached hydrogens (tertiary/aromatic N) is 1. The predicted molar refractivity (Wildman–Crippen MR) is 92.1 cm³/mol. The van der Waals surface area contributed by atoms with Crippen molar-refractivity contribution in [2.24, 2.45) is 5.92 Å². The molecule has 130 valence electrons. The van der Waals surface area contributed by atoms with E-state index in [-0.39, 0.29) is 29.8 Å². The van der Waals surface area contributed by atoms with Crippen molar-refractivity contribution in [1.82, 2.24) is 14.9 Å². The Morgan fingerprint density at radius 1 is 1.35 bits per heavy atom. The lowest BCUT2D eigenvalue weighted by molar-refractivity contribution is -0.121. The number of amides is 1. The van der Waals surface area contributed by atoms with Gasteiger partial charge in [-0.15, -0.1) is 12.4 Å². The van der Waals surface area contributed by atoms with Crippen LogP contribution in [0.4, 0.5) is 0 Å². The molecule has 8 heteroatoms. The molecule has 0 bridgehead atoms. The van der Waals surface area contributed by atoms with E-state index >= 15 is 0 Å². The van der Waals surface area contributed by atoms with Crippen LogP contribution in [0, 0.1) is 5.92 Å². The number of carbonyl (C=O) groups excluding carboxylic acids is 1. The summed E-state index contributed by atoms with van der Waals surface area (Å²) in [6.45, 7) is 2.35. The molecule has 1 aliphatic rings. The molecule has 0 saturated carbocycles. The number of benzene rings is 1. The molecule has 1 aromatic carbocycles. The van der Waals surface area contributed by atoms with Gasteiger partial charge in [-0.2, -0.15) is 4.31 Å². The molecule has 0 aromatic heterocycles. The molecule has 1 atom stereocenters. The van der Waals surface area contributed by atoms with Gasteiger partial charge in [-0.25, -0.2) is 8.42 Å². The van der Waals surface area contributed by atoms with Gasteiger partial charge in [0.15, 0.2) is 0 Å². The monoisotopic (exact) mass is 361 g/mol. The molecular formula is C15H24ClN3O3S. The Bertz CT molecular complexity index is 589. The van der Waals surface area contributed by atoms with Crippen LogP contribution in [0.15, 0.2) is 35.2 Å². The Labute approximate surface area is 144 Å². The molecule has 1 fully saturated rings. The Hall–Kier alpha value is -1.15. The maximum atomic E-state index is 12.3. The van der Waals surface area contributed by atoms with E-state index in [9.17, 15) is 13.2 Å². The van der Waals surface area contributed by atoms with Gasteiger partial charge in [-0.3, -0.25) is 4.79 Å². The van der Waals surface area contributed by atoms with Crippen molar-refractivity contribution in [3.05, 3.63) is 30.3 Å². The van der Waals surface area contributed by atoms with E-state index in [1.165, 1.54) is 19.2 Å². The van der Waals surface area contributed by atoms with E-state index < -0.39 is 10.0 Å². The molecule has 0 aliphatic carbocycles. The molecule has 1 heterocycles. The average molecular weight is 362 g/mol. The number of halogens is 1. The van der Waals surface area contributed by atoms with Gasteiger partial charge < -0.3 is 10.6 Å². The van der Waals surface area contributed by atoms with Crippen LogP contribution in [-0.4, -0.2) is 51.9 Å². The number of hydrogen-bond donors (Lipinski definition) is 2. The van der Waals surface area contributed by atoms with Gasteiger partial charge >= 0.3 is 0 Å². The van der Waals surface area contributed by atoms with Crippen LogP contribution >= 0.6 is 12.4 Å². The number of carbonyl (C=O) groups is 1. The van der Waals surface area contributed by atoms with Crippen LogP contribution < -0.4 is 10.6 Å². The lowest BCUT2D eigenvalue weighted by Crippen LogP contribution is -2.42. The van der Waals surface area contributed by atoms with Gasteiger partial charge in [0.05, 0.1) is 11.4 Å². The van der Waals surface area contributed by atoms with Crippen molar-refractivity contribution in [1.29, 1.82) is 0 Å². The highest BCUT2D eigenvalue weighted by molar-refractivity contribution is 7.89. The first-order valence-electron chi connectivity index (χ1n) is 7.49. The first kappa shape index (κ1) is 19.9. The summed E-state index contributed by atoms with van der Waals surface area (Å²) in [4.78, 5) is 12.1. The number of likely N-dealkylation sites (N-methyl/N-ethyl adjacent to an activating group) is 1. The highest BCUT2D eigenvalue weighted by Gasteiger charge is 2.23. The summed E-state index contributed by atoms with van der Waals surface area (Å²) in [5, 5.41) is 6.11. The zero-order valence-electron chi connectivity index (χ0n) is 13.2. The third-order valence-electron chi connectivity index (χ3n) is 3.80. The highest BCUT2D eigenvalue weighted by Crippen LogP contribution is 2.13. The van der Waals surface area contributed by atoms with Crippen molar-refractivity contribution in [2.45, 2.75) is 17.7 Å². The van der Waals surface area contributed by atoms with E-state index in [0.29, 0.717) is 12.5 Å². The van der Waals surface area contributed by atoms with Gasteiger partial charge in [0.25, 0.3) is 0 Å². The zero-order chi connectivity index (χ0) is 16.0. The molecule has 1 unspecified atom stereocenters. The molecule has 2 N–H and O–H groups in total. The Kier molecular flexibility index (Phi) is 7.98. The number of sulfonamides is 1. The Morgan fingerprint density at radius 2 is 2.04 bits per heavy atom. The van der Waals surface area contributed by atoms with Crippen LogP contribution in [0.5, 0.6) is 0 Å². The van der Waals surface area contributed by atoms with Gasteiger partial charge in [-0.05, 0) is 44.0 Å². The van der Waals surface area contributed by atoms with Crippen molar-refractivity contribution < 1.29 is 13.2 Å². The van der Waals surface area contributed by atoms with E-state index in [1.807, 2.05) is 0 Å². The summed E-state index contributed by atoms with van der Waals surface area (Å²) in [5.74, 6) is 0.154. The van der Waals surface area contributed by atoms with Crippen LogP contribution in [0.25, 0.3) is 0 Å². The lowest BCUT2D eigenvalue weighted by atomic mass is 10.00. The molecule has 0 radical (unpaired) electrons. The van der Waals surface area contributed by atoms with Crippen LogP contribution in [-0.2, 0) is 14.8 Å². The summed E-state index contributed by atoms with van der Waals surface area (Å²) < 4.78 is 25.7. The smallest absolute Gasteiger partial charge is 0.243 e. The second kappa shape index (κ2) is 9.22. The third kappa shape index (κ3) is 5.76. The maximum Gasteiger partial charge on any atom is 0.243 e. The molecule has 6 nitrogen and oxygen atoms in total. The fourth-order valence-electron chi connectivity index (χ4n) is 2.47. The molecule has 1 aliphatic heterocycles. The molecule has 23 heavy (non-hydrogen) atoms. The van der Waals surface area contributed by atoms with Gasteiger partial charge in [-0.1, -0.05) is 18.2 Å². The van der Waals surface area contributed by atoms with Crippen molar-refractivity contribution in [3.63, 3.8) is 0 Å². The number of piperidine rings is 1. The third-order valence-corrected chi connectivity index (χ3v) is 5.62. The fraction of sp³-hybridized carbons (Fsp3) is 0.533. The van der Waals surface area contributed by atoms with Gasteiger partial charge in [0.1, 0.15) is 0 Å². The van der Waals surface area contributed by atoms with Crippen molar-refractivity contribution in [2.75, 3.05) is 33.2 Å². The summed E-state index contributed by atoms with van der Waals surface area (Å²) in [5.41, 5.74) is 0. The molecule has 1 aromatic rings. The quantitative estimate of drug-likeness (QED) is 0.787. The second-order valence-electron chi connectivity index (χ2n) is 5.59. The minimum absolute atomic E-state index is 0. The minimum Gasteiger partial charge on any atom is -0.355 e.